The van der Waals surface area contributed by atoms with Gasteiger partial charge in [-0.25, -0.2) is 0 Å². The zero-order valence-electron chi connectivity index (χ0n) is 13.7. The van der Waals surface area contributed by atoms with Crippen molar-refractivity contribution in [3.63, 3.8) is 0 Å². The molecule has 4 rings (SSSR count). The highest BCUT2D eigenvalue weighted by Gasteiger charge is 2.50. The van der Waals surface area contributed by atoms with Gasteiger partial charge in [0.1, 0.15) is 40.9 Å². The first-order valence-corrected chi connectivity index (χ1v) is 8.14. The van der Waals surface area contributed by atoms with Crippen LogP contribution in [0.3, 0.4) is 0 Å². The Labute approximate surface area is 138 Å². The summed E-state index contributed by atoms with van der Waals surface area (Å²) < 4.78 is 17.2. The minimum atomic E-state index is -0.924. The van der Waals surface area contributed by atoms with Crippen LogP contribution in [-0.2, 0) is 6.61 Å². The van der Waals surface area contributed by atoms with E-state index in [1.807, 2.05) is 0 Å². The highest BCUT2D eigenvalue weighted by atomic mass is 16.5. The van der Waals surface area contributed by atoms with E-state index in [1.54, 1.807) is 13.0 Å². The van der Waals surface area contributed by atoms with Crippen molar-refractivity contribution >= 4 is 11.0 Å². The number of fused-ring (bicyclic) bond motifs is 4. The largest absolute Gasteiger partial charge is 0.495 e. The van der Waals surface area contributed by atoms with Crippen molar-refractivity contribution in [1.82, 2.24) is 0 Å². The Hall–Kier alpha value is -2.05. The lowest BCUT2D eigenvalue weighted by atomic mass is 9.74. The van der Waals surface area contributed by atoms with Crippen LogP contribution >= 0.6 is 0 Å². The molecule has 0 saturated heterocycles. The Balaban J connectivity index is 1.99. The summed E-state index contributed by atoms with van der Waals surface area (Å²) in [6.07, 6.45) is 2.07. The molecule has 3 atom stereocenters. The average molecular weight is 332 g/mol. The van der Waals surface area contributed by atoms with Gasteiger partial charge in [0.2, 0.25) is 0 Å². The summed E-state index contributed by atoms with van der Waals surface area (Å²) >= 11 is 0. The molecule has 0 unspecified atom stereocenters. The SMILES string of the molecule is COc1c2c(cc3oc(CO)cc(=O)c13)O[C@H]1[C@@H]2CCC[C@@]1(C)O. The first kappa shape index (κ1) is 15.5. The van der Waals surface area contributed by atoms with Gasteiger partial charge < -0.3 is 24.1 Å². The number of aliphatic hydroxyl groups is 2. The van der Waals surface area contributed by atoms with E-state index >= 15 is 0 Å². The summed E-state index contributed by atoms with van der Waals surface area (Å²) in [5, 5.41) is 20.3. The molecule has 2 aliphatic rings. The number of aliphatic hydroxyl groups excluding tert-OH is 1. The molecule has 2 aromatic rings. The quantitative estimate of drug-likeness (QED) is 0.875. The molecule has 24 heavy (non-hydrogen) atoms. The van der Waals surface area contributed by atoms with Crippen molar-refractivity contribution in [3.8, 4) is 11.5 Å². The van der Waals surface area contributed by atoms with Gasteiger partial charge in [0.25, 0.3) is 0 Å². The topological polar surface area (TPSA) is 89.1 Å². The second-order valence-electron chi connectivity index (χ2n) is 6.82. The van der Waals surface area contributed by atoms with Crippen molar-refractivity contribution in [1.29, 1.82) is 0 Å². The molecule has 0 radical (unpaired) electrons. The van der Waals surface area contributed by atoms with Crippen LogP contribution in [0.2, 0.25) is 0 Å². The first-order chi connectivity index (χ1) is 11.5. The third kappa shape index (κ3) is 2.06. The molecule has 6 heteroatoms. The number of benzene rings is 1. The Kier molecular flexibility index (Phi) is 3.37. The smallest absolute Gasteiger partial charge is 0.196 e. The lowest BCUT2D eigenvalue weighted by molar-refractivity contribution is -0.0725. The van der Waals surface area contributed by atoms with E-state index in [-0.39, 0.29) is 29.8 Å². The van der Waals surface area contributed by atoms with Crippen LogP contribution in [0.4, 0.5) is 0 Å². The molecule has 1 aliphatic carbocycles. The van der Waals surface area contributed by atoms with E-state index in [1.165, 1.54) is 13.2 Å². The zero-order valence-corrected chi connectivity index (χ0v) is 13.7. The van der Waals surface area contributed by atoms with Gasteiger partial charge in [0.05, 0.1) is 12.7 Å². The maximum atomic E-state index is 12.5. The summed E-state index contributed by atoms with van der Waals surface area (Å²) in [7, 11) is 1.52. The van der Waals surface area contributed by atoms with Gasteiger partial charge in [-0.05, 0) is 26.2 Å². The van der Waals surface area contributed by atoms with E-state index in [4.69, 9.17) is 13.9 Å². The number of rotatable bonds is 2. The lowest BCUT2D eigenvalue weighted by Crippen LogP contribution is -2.47. The molecule has 2 heterocycles. The van der Waals surface area contributed by atoms with Crippen molar-refractivity contribution in [2.75, 3.05) is 7.11 Å². The molecule has 0 spiro atoms. The Morgan fingerprint density at radius 2 is 2.21 bits per heavy atom. The molecule has 6 nitrogen and oxygen atoms in total. The zero-order chi connectivity index (χ0) is 17.1. The molecular formula is C18H20O6. The number of methoxy groups -OCH3 is 1. The van der Waals surface area contributed by atoms with Crippen LogP contribution in [0.15, 0.2) is 21.3 Å². The Bertz CT molecular complexity index is 866. The minimum Gasteiger partial charge on any atom is -0.495 e. The Morgan fingerprint density at radius 3 is 2.92 bits per heavy atom. The molecule has 1 fully saturated rings. The molecule has 1 aliphatic heterocycles. The molecule has 0 amide bonds. The summed E-state index contributed by atoms with van der Waals surface area (Å²) in [5.74, 6) is 1.21. The minimum absolute atomic E-state index is 0.0139. The fourth-order valence-electron chi connectivity index (χ4n) is 4.12. The summed E-state index contributed by atoms with van der Waals surface area (Å²) in [6, 6.07) is 2.95. The van der Waals surface area contributed by atoms with Crippen LogP contribution in [0.5, 0.6) is 11.5 Å². The molecule has 1 aromatic heterocycles. The highest BCUT2D eigenvalue weighted by molar-refractivity contribution is 5.88. The van der Waals surface area contributed by atoms with Gasteiger partial charge in [-0.2, -0.15) is 0 Å². The van der Waals surface area contributed by atoms with Gasteiger partial charge in [0.15, 0.2) is 5.43 Å². The van der Waals surface area contributed by atoms with Crippen LogP contribution in [0.1, 0.15) is 43.4 Å². The molecular weight excluding hydrogens is 312 g/mol. The number of hydrogen-bond donors (Lipinski definition) is 2. The van der Waals surface area contributed by atoms with Gasteiger partial charge >= 0.3 is 0 Å². The van der Waals surface area contributed by atoms with E-state index in [2.05, 4.69) is 0 Å². The molecule has 1 aromatic carbocycles. The molecule has 1 saturated carbocycles. The van der Waals surface area contributed by atoms with Crippen molar-refractivity contribution in [2.24, 2.45) is 0 Å². The van der Waals surface area contributed by atoms with Crippen molar-refractivity contribution in [2.45, 2.75) is 50.4 Å². The second kappa shape index (κ2) is 5.22. The van der Waals surface area contributed by atoms with Crippen LogP contribution in [-0.4, -0.2) is 29.0 Å². The van der Waals surface area contributed by atoms with Crippen LogP contribution < -0.4 is 14.9 Å². The summed E-state index contributed by atoms with van der Waals surface area (Å²) in [4.78, 5) is 12.5. The number of ether oxygens (including phenoxy) is 2. The first-order valence-electron chi connectivity index (χ1n) is 8.14. The normalized spacial score (nSPS) is 28.3. The third-order valence-corrected chi connectivity index (χ3v) is 5.19. The maximum Gasteiger partial charge on any atom is 0.196 e. The van der Waals surface area contributed by atoms with E-state index in [9.17, 15) is 15.0 Å². The third-order valence-electron chi connectivity index (χ3n) is 5.19. The molecule has 0 bridgehead atoms. The van der Waals surface area contributed by atoms with Crippen molar-refractivity contribution in [3.05, 3.63) is 33.7 Å². The van der Waals surface area contributed by atoms with Crippen LogP contribution in [0.25, 0.3) is 11.0 Å². The van der Waals surface area contributed by atoms with Gasteiger partial charge in [-0.1, -0.05) is 0 Å². The molecule has 128 valence electrons. The van der Waals surface area contributed by atoms with Crippen LogP contribution in [0, 0.1) is 0 Å². The summed E-state index contributed by atoms with van der Waals surface area (Å²) in [5.41, 5.74) is -0.0299. The average Bonchev–Trinajstić information content (AvgIpc) is 2.92. The van der Waals surface area contributed by atoms with E-state index < -0.39 is 5.60 Å². The second-order valence-corrected chi connectivity index (χ2v) is 6.82. The maximum absolute atomic E-state index is 12.5. The standard InChI is InChI=1S/C18H20O6/c1-18(21)5-3-4-10-14-12(24-17(10)18)7-13-15(16(14)22-2)11(20)6-9(8-19)23-13/h6-7,10,17,19,21H,3-5,8H2,1-2H3/t10-,17+,18-/m1/s1. The predicted molar refractivity (Wildman–Crippen MR) is 86.6 cm³/mol. The van der Waals surface area contributed by atoms with Gasteiger partial charge in [-0.3, -0.25) is 4.79 Å². The fourth-order valence-corrected chi connectivity index (χ4v) is 4.12. The molecule has 2 N–H and O–H groups in total. The van der Waals surface area contributed by atoms with Crippen molar-refractivity contribution < 1.29 is 24.1 Å². The lowest BCUT2D eigenvalue weighted by Gasteiger charge is -2.37. The predicted octanol–water partition coefficient (Wildman–Crippen LogP) is 2.07. The van der Waals surface area contributed by atoms with E-state index in [0.29, 0.717) is 28.9 Å². The van der Waals surface area contributed by atoms with Gasteiger partial charge in [-0.15, -0.1) is 0 Å². The van der Waals surface area contributed by atoms with E-state index in [0.717, 1.165) is 18.4 Å². The van der Waals surface area contributed by atoms with Gasteiger partial charge in [0, 0.05) is 23.6 Å². The fraction of sp³-hybridized carbons (Fsp3) is 0.500. The monoisotopic (exact) mass is 332 g/mol. The Morgan fingerprint density at radius 1 is 1.42 bits per heavy atom. The number of hydrogen-bond acceptors (Lipinski definition) is 6. The summed E-state index contributed by atoms with van der Waals surface area (Å²) in [6.45, 7) is 1.43. The highest BCUT2D eigenvalue weighted by Crippen LogP contribution is 2.53.